The lowest BCUT2D eigenvalue weighted by atomic mass is 9.83. The first-order valence-corrected chi connectivity index (χ1v) is 10.6. The van der Waals surface area contributed by atoms with E-state index < -0.39 is 0 Å². The zero-order valence-electron chi connectivity index (χ0n) is 17.7. The zero-order chi connectivity index (χ0) is 21.0. The van der Waals surface area contributed by atoms with E-state index in [1.807, 2.05) is 24.3 Å². The largest absolute Gasteiger partial charge is 0.351 e. The molecule has 2 atom stereocenters. The van der Waals surface area contributed by atoms with Crippen molar-refractivity contribution in [1.29, 1.82) is 0 Å². The Morgan fingerprint density at radius 2 is 1.00 bits per heavy atom. The maximum atomic E-state index is 13.6. The first-order chi connectivity index (χ1) is 14.5. The highest BCUT2D eigenvalue weighted by Crippen LogP contribution is 2.46. The summed E-state index contributed by atoms with van der Waals surface area (Å²) in [6, 6.07) is 14.0. The third-order valence-corrected chi connectivity index (χ3v) is 6.92. The van der Waals surface area contributed by atoms with Gasteiger partial charge in [0.25, 0.3) is 0 Å². The predicted molar refractivity (Wildman–Crippen MR) is 115 cm³/mol. The predicted octanol–water partition coefficient (Wildman–Crippen LogP) is 4.46. The van der Waals surface area contributed by atoms with Crippen molar-refractivity contribution < 1.29 is 8.78 Å². The van der Waals surface area contributed by atoms with Crippen LogP contribution in [0.4, 0.5) is 8.78 Å². The number of rotatable bonds is 2. The molecule has 30 heavy (non-hydrogen) atoms. The highest BCUT2D eigenvalue weighted by atomic mass is 19.1. The van der Waals surface area contributed by atoms with Crippen LogP contribution < -0.4 is 0 Å². The van der Waals surface area contributed by atoms with E-state index in [2.05, 4.69) is 35.5 Å². The summed E-state index contributed by atoms with van der Waals surface area (Å²) in [5.41, 5.74) is 7.64. The van der Waals surface area contributed by atoms with Crippen molar-refractivity contribution in [2.45, 2.75) is 24.9 Å². The molecule has 2 aromatic carbocycles. The molecule has 0 fully saturated rings. The van der Waals surface area contributed by atoms with Crippen LogP contribution in [0.25, 0.3) is 0 Å². The lowest BCUT2D eigenvalue weighted by Crippen LogP contribution is -2.36. The summed E-state index contributed by atoms with van der Waals surface area (Å²) >= 11 is 0. The van der Waals surface area contributed by atoms with Crippen molar-refractivity contribution in [3.8, 4) is 0 Å². The van der Waals surface area contributed by atoms with Crippen LogP contribution in [0.1, 0.15) is 45.7 Å². The minimum absolute atomic E-state index is 0.0822. The molecule has 0 spiro atoms. The molecule has 3 heterocycles. The molecule has 5 rings (SSSR count). The average molecular weight is 408 g/mol. The second-order valence-electron chi connectivity index (χ2n) is 8.65. The van der Waals surface area contributed by atoms with Gasteiger partial charge in [-0.3, -0.25) is 9.80 Å². The van der Waals surface area contributed by atoms with E-state index in [-0.39, 0.29) is 23.7 Å². The molecule has 5 heteroatoms. The SMILES string of the molecule is CN1CCc2c(c3c(n2C)CCN(C)[C@H]3c2ccc(F)cc2)[C@@H]1c1ccc(F)cc1. The lowest BCUT2D eigenvalue weighted by Gasteiger charge is -2.38. The van der Waals surface area contributed by atoms with E-state index in [0.717, 1.165) is 37.1 Å². The van der Waals surface area contributed by atoms with Gasteiger partial charge in [-0.1, -0.05) is 24.3 Å². The molecule has 0 amide bonds. The molecular formula is C25H27F2N3. The molecule has 1 aromatic heterocycles. The van der Waals surface area contributed by atoms with E-state index in [0.29, 0.717) is 0 Å². The quantitative estimate of drug-likeness (QED) is 0.622. The molecule has 156 valence electrons. The van der Waals surface area contributed by atoms with Crippen molar-refractivity contribution in [2.24, 2.45) is 7.05 Å². The Morgan fingerprint density at radius 1 is 0.633 bits per heavy atom. The zero-order valence-corrected chi connectivity index (χ0v) is 17.7. The summed E-state index contributed by atoms with van der Waals surface area (Å²) in [5.74, 6) is -0.423. The van der Waals surface area contributed by atoms with Gasteiger partial charge in [0.05, 0.1) is 12.1 Å². The summed E-state index contributed by atoms with van der Waals surface area (Å²) in [5, 5.41) is 0. The summed E-state index contributed by atoms with van der Waals surface area (Å²) in [7, 11) is 6.48. The molecule has 0 saturated carbocycles. The molecule has 0 N–H and O–H groups in total. The molecule has 0 aliphatic carbocycles. The van der Waals surface area contributed by atoms with Gasteiger partial charge in [0.2, 0.25) is 0 Å². The van der Waals surface area contributed by atoms with Crippen LogP contribution in [0.15, 0.2) is 48.5 Å². The molecule has 0 bridgehead atoms. The highest BCUT2D eigenvalue weighted by Gasteiger charge is 2.39. The summed E-state index contributed by atoms with van der Waals surface area (Å²) in [4.78, 5) is 4.73. The van der Waals surface area contributed by atoms with E-state index in [1.165, 1.54) is 22.5 Å². The van der Waals surface area contributed by atoms with E-state index >= 15 is 0 Å². The summed E-state index contributed by atoms with van der Waals surface area (Å²) in [6.45, 7) is 1.92. The van der Waals surface area contributed by atoms with Gasteiger partial charge in [0.1, 0.15) is 11.6 Å². The number of fused-ring (bicyclic) bond motifs is 3. The number of likely N-dealkylation sites (N-methyl/N-ethyl adjacent to an activating group) is 2. The number of hydrogen-bond acceptors (Lipinski definition) is 2. The van der Waals surface area contributed by atoms with E-state index in [9.17, 15) is 8.78 Å². The minimum atomic E-state index is -0.212. The summed E-state index contributed by atoms with van der Waals surface area (Å²) < 4.78 is 29.7. The van der Waals surface area contributed by atoms with Crippen LogP contribution in [-0.2, 0) is 19.9 Å². The lowest BCUT2D eigenvalue weighted by molar-refractivity contribution is 0.244. The topological polar surface area (TPSA) is 11.4 Å². The number of nitrogens with zero attached hydrogens (tertiary/aromatic N) is 3. The first-order valence-electron chi connectivity index (χ1n) is 10.6. The monoisotopic (exact) mass is 407 g/mol. The maximum Gasteiger partial charge on any atom is 0.123 e. The Bertz CT molecular complexity index is 984. The molecule has 0 radical (unpaired) electrons. The minimum Gasteiger partial charge on any atom is -0.351 e. The van der Waals surface area contributed by atoms with Crippen molar-refractivity contribution in [3.05, 3.63) is 93.8 Å². The van der Waals surface area contributed by atoms with Crippen molar-refractivity contribution in [3.63, 3.8) is 0 Å². The van der Waals surface area contributed by atoms with Crippen LogP contribution in [0.2, 0.25) is 0 Å². The van der Waals surface area contributed by atoms with Crippen molar-refractivity contribution >= 4 is 0 Å². The third kappa shape index (κ3) is 2.99. The average Bonchev–Trinajstić information content (AvgIpc) is 3.02. The van der Waals surface area contributed by atoms with Gasteiger partial charge in [-0.05, 0) is 49.5 Å². The van der Waals surface area contributed by atoms with Crippen LogP contribution in [-0.4, -0.2) is 41.6 Å². The molecule has 3 nitrogen and oxygen atoms in total. The smallest absolute Gasteiger partial charge is 0.123 e. The number of benzene rings is 2. The van der Waals surface area contributed by atoms with Gasteiger partial charge in [0.15, 0.2) is 0 Å². The highest BCUT2D eigenvalue weighted by molar-refractivity contribution is 5.52. The van der Waals surface area contributed by atoms with Crippen LogP contribution in [0.5, 0.6) is 0 Å². The second kappa shape index (κ2) is 7.33. The van der Waals surface area contributed by atoms with Crippen LogP contribution in [0.3, 0.4) is 0 Å². The Labute approximate surface area is 176 Å². The molecule has 3 aromatic rings. The Hall–Kier alpha value is -2.50. The Morgan fingerprint density at radius 3 is 1.37 bits per heavy atom. The van der Waals surface area contributed by atoms with Gasteiger partial charge < -0.3 is 4.57 Å². The normalized spacial score (nSPS) is 22.0. The summed E-state index contributed by atoms with van der Waals surface area (Å²) in [6.07, 6.45) is 1.99. The van der Waals surface area contributed by atoms with Crippen LogP contribution >= 0.6 is 0 Å². The van der Waals surface area contributed by atoms with Gasteiger partial charge in [-0.2, -0.15) is 0 Å². The number of aromatic nitrogens is 1. The van der Waals surface area contributed by atoms with Gasteiger partial charge in [-0.25, -0.2) is 8.78 Å². The van der Waals surface area contributed by atoms with E-state index in [4.69, 9.17) is 0 Å². The fourth-order valence-electron chi connectivity index (χ4n) is 5.45. The molecule has 2 aliphatic heterocycles. The second-order valence-corrected chi connectivity index (χ2v) is 8.65. The molecule has 2 aliphatic rings. The third-order valence-electron chi connectivity index (χ3n) is 6.92. The maximum absolute atomic E-state index is 13.6. The Balaban J connectivity index is 1.73. The van der Waals surface area contributed by atoms with Crippen LogP contribution in [0, 0.1) is 11.6 Å². The fraction of sp³-hybridized carbons (Fsp3) is 0.360. The van der Waals surface area contributed by atoms with Crippen molar-refractivity contribution in [2.75, 3.05) is 27.2 Å². The Kier molecular flexibility index (Phi) is 4.75. The standard InChI is InChI=1S/C25H27F2N3/c1-28-14-12-20-22(24(28)16-4-8-18(26)9-5-16)23-21(30(20)3)13-15-29(2)25(23)17-6-10-19(27)11-7-17/h4-11,24-25H,12-15H2,1-3H3/t24-,25-/m0/s1. The molecule has 0 saturated heterocycles. The fourth-order valence-corrected chi connectivity index (χ4v) is 5.45. The first kappa shape index (κ1) is 19.5. The molecular weight excluding hydrogens is 380 g/mol. The van der Waals surface area contributed by atoms with Crippen molar-refractivity contribution in [1.82, 2.24) is 14.4 Å². The number of halogens is 2. The van der Waals surface area contributed by atoms with Gasteiger partial charge in [0, 0.05) is 55.5 Å². The van der Waals surface area contributed by atoms with Gasteiger partial charge in [-0.15, -0.1) is 0 Å². The number of hydrogen-bond donors (Lipinski definition) is 0. The molecule has 0 unspecified atom stereocenters. The van der Waals surface area contributed by atoms with E-state index in [1.54, 1.807) is 24.3 Å². The van der Waals surface area contributed by atoms with Gasteiger partial charge >= 0.3 is 0 Å².